The van der Waals surface area contributed by atoms with E-state index < -0.39 is 0 Å². The third-order valence-corrected chi connectivity index (χ3v) is 4.99. The summed E-state index contributed by atoms with van der Waals surface area (Å²) in [5, 5.41) is 1.26. The van der Waals surface area contributed by atoms with Crippen LogP contribution >= 0.6 is 15.9 Å². The molecule has 0 bridgehead atoms. The summed E-state index contributed by atoms with van der Waals surface area (Å²) in [6.07, 6.45) is 7.98. The SMILES string of the molecule is Cc1ccc(C(c2cn(C)c3ccc(Br)cc23)n2ccnc2)cc1. The average Bonchev–Trinajstić information content (AvgIpc) is 3.19. The van der Waals surface area contributed by atoms with Crippen molar-refractivity contribution in [3.05, 3.63) is 88.5 Å². The fraction of sp³-hybridized carbons (Fsp3) is 0.150. The summed E-state index contributed by atoms with van der Waals surface area (Å²) in [7, 11) is 2.10. The molecule has 1 atom stereocenters. The third-order valence-electron chi connectivity index (χ3n) is 4.49. The monoisotopic (exact) mass is 379 g/mol. The van der Waals surface area contributed by atoms with Crippen LogP contribution in [0, 0.1) is 6.92 Å². The minimum Gasteiger partial charge on any atom is -0.350 e. The normalized spacial score (nSPS) is 12.6. The van der Waals surface area contributed by atoms with E-state index in [0.29, 0.717) is 0 Å². The van der Waals surface area contributed by atoms with Crippen LogP contribution in [-0.4, -0.2) is 14.1 Å². The molecule has 2 aromatic heterocycles. The van der Waals surface area contributed by atoms with Gasteiger partial charge in [0.25, 0.3) is 0 Å². The highest BCUT2D eigenvalue weighted by atomic mass is 79.9. The molecule has 0 aliphatic rings. The lowest BCUT2D eigenvalue weighted by Crippen LogP contribution is -2.10. The Morgan fingerprint density at radius 2 is 1.88 bits per heavy atom. The zero-order valence-corrected chi connectivity index (χ0v) is 15.2. The molecule has 2 aromatic carbocycles. The molecule has 3 nitrogen and oxygen atoms in total. The van der Waals surface area contributed by atoms with E-state index in [4.69, 9.17) is 0 Å². The molecule has 0 N–H and O–H groups in total. The van der Waals surface area contributed by atoms with E-state index in [9.17, 15) is 0 Å². The number of rotatable bonds is 3. The lowest BCUT2D eigenvalue weighted by Gasteiger charge is -2.19. The Balaban J connectivity index is 1.98. The lowest BCUT2D eigenvalue weighted by atomic mass is 9.97. The van der Waals surface area contributed by atoms with E-state index in [1.54, 1.807) is 0 Å². The molecule has 4 rings (SSSR count). The fourth-order valence-corrected chi connectivity index (χ4v) is 3.66. The van der Waals surface area contributed by atoms with Crippen molar-refractivity contribution < 1.29 is 0 Å². The van der Waals surface area contributed by atoms with Gasteiger partial charge >= 0.3 is 0 Å². The Morgan fingerprint density at radius 3 is 2.58 bits per heavy atom. The summed E-state index contributed by atoms with van der Waals surface area (Å²) in [4.78, 5) is 4.26. The molecule has 0 spiro atoms. The number of aromatic nitrogens is 3. The Bertz CT molecular complexity index is 982. The van der Waals surface area contributed by atoms with Gasteiger partial charge in [0.05, 0.1) is 12.4 Å². The molecule has 4 heteroatoms. The van der Waals surface area contributed by atoms with E-state index in [0.717, 1.165) is 4.47 Å². The maximum Gasteiger partial charge on any atom is 0.0954 e. The Kier molecular flexibility index (Phi) is 3.77. The van der Waals surface area contributed by atoms with Crippen molar-refractivity contribution in [2.45, 2.75) is 13.0 Å². The smallest absolute Gasteiger partial charge is 0.0954 e. The largest absolute Gasteiger partial charge is 0.350 e. The lowest BCUT2D eigenvalue weighted by molar-refractivity contribution is 0.678. The van der Waals surface area contributed by atoms with Crippen LogP contribution < -0.4 is 0 Å². The standard InChI is InChI=1S/C20H18BrN3/c1-14-3-5-15(6-4-14)20(24-10-9-22-13-24)18-12-23(2)19-8-7-16(21)11-17(18)19/h3-13,20H,1-2H3. The van der Waals surface area contributed by atoms with Gasteiger partial charge in [0.15, 0.2) is 0 Å². The molecule has 0 fully saturated rings. The molecule has 0 saturated carbocycles. The first-order valence-electron chi connectivity index (χ1n) is 7.92. The van der Waals surface area contributed by atoms with Gasteiger partial charge in [-0.15, -0.1) is 0 Å². The van der Waals surface area contributed by atoms with E-state index in [1.807, 2.05) is 18.7 Å². The van der Waals surface area contributed by atoms with Crippen molar-refractivity contribution in [3.63, 3.8) is 0 Å². The van der Waals surface area contributed by atoms with E-state index in [2.05, 4.69) is 92.7 Å². The molecule has 0 aliphatic heterocycles. The van der Waals surface area contributed by atoms with Gasteiger partial charge in [-0.05, 0) is 30.7 Å². The van der Waals surface area contributed by atoms with Crippen LogP contribution in [0.5, 0.6) is 0 Å². The van der Waals surface area contributed by atoms with Crippen molar-refractivity contribution in [1.29, 1.82) is 0 Å². The number of benzene rings is 2. The maximum absolute atomic E-state index is 4.26. The molecule has 2 heterocycles. The zero-order valence-electron chi connectivity index (χ0n) is 13.6. The Hall–Kier alpha value is -2.33. The first-order valence-corrected chi connectivity index (χ1v) is 8.71. The number of halogens is 1. The minimum atomic E-state index is 0.103. The van der Waals surface area contributed by atoms with E-state index >= 15 is 0 Å². The summed E-state index contributed by atoms with van der Waals surface area (Å²) in [6, 6.07) is 15.3. The molecule has 4 aromatic rings. The molecular formula is C20H18BrN3. The van der Waals surface area contributed by atoms with Gasteiger partial charge in [-0.1, -0.05) is 45.8 Å². The summed E-state index contributed by atoms with van der Waals surface area (Å²) >= 11 is 3.61. The van der Waals surface area contributed by atoms with Gasteiger partial charge in [0.2, 0.25) is 0 Å². The molecular weight excluding hydrogens is 362 g/mol. The summed E-state index contributed by atoms with van der Waals surface area (Å²) in [5.41, 5.74) is 5.02. The summed E-state index contributed by atoms with van der Waals surface area (Å²) < 4.78 is 5.45. The van der Waals surface area contributed by atoms with Gasteiger partial charge in [0, 0.05) is 46.6 Å². The van der Waals surface area contributed by atoms with Crippen molar-refractivity contribution in [3.8, 4) is 0 Å². The second kappa shape index (κ2) is 5.95. The second-order valence-electron chi connectivity index (χ2n) is 6.18. The van der Waals surface area contributed by atoms with Crippen molar-refractivity contribution in [2.75, 3.05) is 0 Å². The molecule has 0 aliphatic carbocycles. The van der Waals surface area contributed by atoms with Gasteiger partial charge < -0.3 is 9.13 Å². The number of fused-ring (bicyclic) bond motifs is 1. The predicted octanol–water partition coefficient (Wildman–Crippen LogP) is 5.08. The fourth-order valence-electron chi connectivity index (χ4n) is 3.30. The van der Waals surface area contributed by atoms with Crippen LogP contribution in [0.3, 0.4) is 0 Å². The van der Waals surface area contributed by atoms with Gasteiger partial charge in [0.1, 0.15) is 0 Å². The van der Waals surface area contributed by atoms with Crippen LogP contribution in [-0.2, 0) is 7.05 Å². The van der Waals surface area contributed by atoms with E-state index in [1.165, 1.54) is 27.6 Å². The molecule has 120 valence electrons. The molecule has 24 heavy (non-hydrogen) atoms. The van der Waals surface area contributed by atoms with Crippen LogP contribution in [0.1, 0.15) is 22.7 Å². The highest BCUT2D eigenvalue weighted by Crippen LogP contribution is 2.34. The summed E-state index contributed by atoms with van der Waals surface area (Å²) in [5.74, 6) is 0. The average molecular weight is 380 g/mol. The van der Waals surface area contributed by atoms with Gasteiger partial charge in [-0.2, -0.15) is 0 Å². The third kappa shape index (κ3) is 2.57. The van der Waals surface area contributed by atoms with Gasteiger partial charge in [-0.25, -0.2) is 4.98 Å². The van der Waals surface area contributed by atoms with Crippen LogP contribution in [0.25, 0.3) is 10.9 Å². The molecule has 1 unspecified atom stereocenters. The van der Waals surface area contributed by atoms with Crippen molar-refractivity contribution >= 4 is 26.8 Å². The number of aryl methyl sites for hydroxylation is 2. The van der Waals surface area contributed by atoms with Crippen molar-refractivity contribution in [2.24, 2.45) is 7.05 Å². The number of imidazole rings is 1. The number of nitrogens with zero attached hydrogens (tertiary/aromatic N) is 3. The summed E-state index contributed by atoms with van der Waals surface area (Å²) in [6.45, 7) is 2.12. The highest BCUT2D eigenvalue weighted by molar-refractivity contribution is 9.10. The predicted molar refractivity (Wildman–Crippen MR) is 101 cm³/mol. The van der Waals surface area contributed by atoms with Gasteiger partial charge in [-0.3, -0.25) is 0 Å². The quantitative estimate of drug-likeness (QED) is 0.486. The topological polar surface area (TPSA) is 22.8 Å². The van der Waals surface area contributed by atoms with E-state index in [-0.39, 0.29) is 6.04 Å². The highest BCUT2D eigenvalue weighted by Gasteiger charge is 2.20. The molecule has 0 radical (unpaired) electrons. The van der Waals surface area contributed by atoms with Crippen LogP contribution in [0.4, 0.5) is 0 Å². The number of hydrogen-bond acceptors (Lipinski definition) is 1. The number of hydrogen-bond donors (Lipinski definition) is 0. The van der Waals surface area contributed by atoms with Crippen LogP contribution in [0.2, 0.25) is 0 Å². The zero-order chi connectivity index (χ0) is 16.7. The van der Waals surface area contributed by atoms with Crippen molar-refractivity contribution in [1.82, 2.24) is 14.1 Å². The van der Waals surface area contributed by atoms with Crippen LogP contribution in [0.15, 0.2) is 71.9 Å². The minimum absolute atomic E-state index is 0.103. The Morgan fingerprint density at radius 1 is 1.08 bits per heavy atom. The Labute approximate surface area is 149 Å². The maximum atomic E-state index is 4.26. The molecule has 0 saturated heterocycles. The molecule has 0 amide bonds. The first kappa shape index (κ1) is 15.2. The second-order valence-corrected chi connectivity index (χ2v) is 7.10. The first-order chi connectivity index (χ1) is 11.6.